The summed E-state index contributed by atoms with van der Waals surface area (Å²) in [5.41, 5.74) is -0.214. The third-order valence-electron chi connectivity index (χ3n) is 13.5. The Kier molecular flexibility index (Phi) is 5.73. The van der Waals surface area contributed by atoms with Crippen LogP contribution in [0.5, 0.6) is 0 Å². The molecule has 5 heteroatoms. The van der Waals surface area contributed by atoms with Crippen LogP contribution < -0.4 is 0 Å². The lowest BCUT2D eigenvalue weighted by Gasteiger charge is -2.71. The van der Waals surface area contributed by atoms with E-state index < -0.39 is 29.0 Å². The first kappa shape index (κ1) is 25.7. The molecule has 0 aromatic heterocycles. The Morgan fingerprint density at radius 3 is 2.31 bits per heavy atom. The molecule has 0 aromatic rings. The van der Waals surface area contributed by atoms with E-state index in [2.05, 4.69) is 40.7 Å². The predicted octanol–water partition coefficient (Wildman–Crippen LogP) is 5.03. The average Bonchev–Trinajstić information content (AvgIpc) is 2.80. The Morgan fingerprint density at radius 2 is 1.69 bits per heavy atom. The zero-order chi connectivity index (χ0) is 25.8. The van der Waals surface area contributed by atoms with E-state index in [1.165, 1.54) is 5.57 Å². The van der Waals surface area contributed by atoms with Crippen molar-refractivity contribution in [3.63, 3.8) is 0 Å². The summed E-state index contributed by atoms with van der Waals surface area (Å²) in [5.74, 6) is 0.828. The molecule has 0 spiro atoms. The summed E-state index contributed by atoms with van der Waals surface area (Å²) in [6.45, 7) is 13.6. The van der Waals surface area contributed by atoms with Crippen LogP contribution in [-0.2, 0) is 4.79 Å². The van der Waals surface area contributed by atoms with E-state index in [9.17, 15) is 25.2 Å². The molecule has 4 saturated carbocycles. The number of carboxylic acids is 1. The number of carboxylic acid groups (broad SMARTS) is 1. The molecule has 0 amide bonds. The second-order valence-electron chi connectivity index (χ2n) is 14.5. The van der Waals surface area contributed by atoms with E-state index in [1.54, 1.807) is 0 Å². The molecular weight excluding hydrogens is 440 g/mol. The summed E-state index contributed by atoms with van der Waals surface area (Å²) in [7, 11) is 0. The monoisotopic (exact) mass is 488 g/mol. The van der Waals surface area contributed by atoms with Gasteiger partial charge in [-0.15, -0.1) is 0 Å². The fourth-order valence-electron chi connectivity index (χ4n) is 11.0. The molecular formula is C30H48O5. The lowest BCUT2D eigenvalue weighted by Crippen LogP contribution is -2.68. The first-order chi connectivity index (χ1) is 16.2. The van der Waals surface area contributed by atoms with E-state index >= 15 is 0 Å². The van der Waals surface area contributed by atoms with Crippen molar-refractivity contribution < 1.29 is 25.2 Å². The molecule has 4 N–H and O–H groups in total. The maximum atomic E-state index is 12.8. The zero-order valence-electron chi connectivity index (χ0n) is 22.7. The molecule has 4 fully saturated rings. The van der Waals surface area contributed by atoms with Crippen LogP contribution in [0.3, 0.4) is 0 Å². The Morgan fingerprint density at radius 1 is 1.00 bits per heavy atom. The van der Waals surface area contributed by atoms with Gasteiger partial charge in [-0.05, 0) is 97.2 Å². The zero-order valence-corrected chi connectivity index (χ0v) is 22.7. The Labute approximate surface area is 211 Å². The summed E-state index contributed by atoms with van der Waals surface area (Å²) in [6, 6.07) is 0. The molecule has 5 rings (SSSR count). The quantitative estimate of drug-likeness (QED) is 0.409. The lowest BCUT2D eigenvalue weighted by atomic mass is 9.33. The van der Waals surface area contributed by atoms with Gasteiger partial charge in [0.25, 0.3) is 0 Å². The van der Waals surface area contributed by atoms with Gasteiger partial charge in [0.05, 0.1) is 24.2 Å². The van der Waals surface area contributed by atoms with Crippen LogP contribution in [0.4, 0.5) is 0 Å². The van der Waals surface area contributed by atoms with E-state index in [1.807, 2.05) is 6.92 Å². The number of carbonyl (C=O) groups is 1. The van der Waals surface area contributed by atoms with Gasteiger partial charge in [0.1, 0.15) is 0 Å². The fourth-order valence-corrected chi connectivity index (χ4v) is 11.0. The third kappa shape index (κ3) is 2.95. The SMILES string of the molecule is C[C@H]1[C@H](C)CC[C@]2(C(=O)O)CC[C@]3(C)C(=CC[C@@H]4[C@@]5(C)C[C@H](O)[C@@H](O)[C@@](C)(CO)[C@@H]5CC[C@]43C)[C@@H]12. The van der Waals surface area contributed by atoms with Gasteiger partial charge in [-0.3, -0.25) is 4.79 Å². The van der Waals surface area contributed by atoms with E-state index in [4.69, 9.17) is 0 Å². The van der Waals surface area contributed by atoms with Crippen LogP contribution in [-0.4, -0.2) is 45.2 Å². The number of aliphatic hydroxyl groups is 3. The number of rotatable bonds is 2. The van der Waals surface area contributed by atoms with Gasteiger partial charge in [0.15, 0.2) is 0 Å². The van der Waals surface area contributed by atoms with Crippen molar-refractivity contribution >= 4 is 5.97 Å². The van der Waals surface area contributed by atoms with Crippen LogP contribution in [0.15, 0.2) is 11.6 Å². The number of hydrogen-bond donors (Lipinski definition) is 4. The average molecular weight is 489 g/mol. The standard InChI is InChI=1S/C30H48O5/c1-17-9-12-30(25(34)35)14-13-28(5)19(23(30)18(17)2)7-8-22-26(3)15-20(32)24(33)27(4,16-31)21(26)10-11-29(22,28)6/h7,17-18,20-24,31-33H,8-16H2,1-6H3,(H,34,35)/t17-,18+,20+,21-,22-,23-,24-,26+,27+,28-,29-,30+/m1/s1. The smallest absolute Gasteiger partial charge is 0.310 e. The van der Waals surface area contributed by atoms with Crippen molar-refractivity contribution in [3.8, 4) is 0 Å². The van der Waals surface area contributed by atoms with Gasteiger partial charge in [-0.1, -0.05) is 53.2 Å². The molecule has 0 saturated heterocycles. The largest absolute Gasteiger partial charge is 0.481 e. The minimum atomic E-state index is -0.907. The maximum Gasteiger partial charge on any atom is 0.310 e. The summed E-state index contributed by atoms with van der Waals surface area (Å²) < 4.78 is 0. The van der Waals surface area contributed by atoms with Crippen LogP contribution >= 0.6 is 0 Å². The Bertz CT molecular complexity index is 930. The van der Waals surface area contributed by atoms with Crippen LogP contribution in [0.2, 0.25) is 0 Å². The summed E-state index contributed by atoms with van der Waals surface area (Å²) in [5, 5.41) is 42.9. The van der Waals surface area contributed by atoms with E-state index in [0.29, 0.717) is 24.2 Å². The third-order valence-corrected chi connectivity index (χ3v) is 13.5. The summed E-state index contributed by atoms with van der Waals surface area (Å²) >= 11 is 0. The Hall–Kier alpha value is -0.910. The van der Waals surface area contributed by atoms with Crippen molar-refractivity contribution in [2.45, 2.75) is 105 Å². The van der Waals surface area contributed by atoms with Crippen LogP contribution in [0.1, 0.15) is 92.9 Å². The summed E-state index contributed by atoms with van der Waals surface area (Å²) in [6.07, 6.45) is 7.51. The minimum absolute atomic E-state index is 0.00815. The molecule has 5 nitrogen and oxygen atoms in total. The number of hydrogen-bond acceptors (Lipinski definition) is 4. The highest BCUT2D eigenvalue weighted by molar-refractivity contribution is 5.76. The molecule has 0 heterocycles. The highest BCUT2D eigenvalue weighted by atomic mass is 16.4. The second kappa shape index (κ2) is 7.80. The predicted molar refractivity (Wildman–Crippen MR) is 135 cm³/mol. The molecule has 12 atom stereocenters. The van der Waals surface area contributed by atoms with Crippen molar-refractivity contribution in [2.24, 2.45) is 56.7 Å². The highest BCUT2D eigenvalue weighted by Crippen LogP contribution is 2.75. The maximum absolute atomic E-state index is 12.8. The van der Waals surface area contributed by atoms with Crippen molar-refractivity contribution in [1.29, 1.82) is 0 Å². The number of aliphatic carboxylic acids is 1. The van der Waals surface area contributed by atoms with Crippen molar-refractivity contribution in [1.82, 2.24) is 0 Å². The van der Waals surface area contributed by atoms with Crippen LogP contribution in [0.25, 0.3) is 0 Å². The van der Waals surface area contributed by atoms with Crippen LogP contribution in [0, 0.1) is 56.7 Å². The molecule has 0 radical (unpaired) electrons. The molecule has 198 valence electrons. The lowest BCUT2D eigenvalue weighted by molar-refractivity contribution is -0.244. The first-order valence-electron chi connectivity index (χ1n) is 14.1. The van der Waals surface area contributed by atoms with Gasteiger partial charge in [-0.25, -0.2) is 0 Å². The number of allylic oxidation sites excluding steroid dienone is 2. The topological polar surface area (TPSA) is 98.0 Å². The van der Waals surface area contributed by atoms with Gasteiger partial charge in [-0.2, -0.15) is 0 Å². The molecule has 35 heavy (non-hydrogen) atoms. The first-order valence-corrected chi connectivity index (χ1v) is 14.1. The van der Waals surface area contributed by atoms with Gasteiger partial charge in [0.2, 0.25) is 0 Å². The molecule has 0 aliphatic heterocycles. The number of aliphatic hydroxyl groups excluding tert-OH is 3. The van der Waals surface area contributed by atoms with E-state index in [-0.39, 0.29) is 34.7 Å². The van der Waals surface area contributed by atoms with Gasteiger partial charge in [0, 0.05) is 5.41 Å². The normalized spacial score (nSPS) is 57.7. The van der Waals surface area contributed by atoms with Crippen molar-refractivity contribution in [2.75, 3.05) is 6.61 Å². The number of fused-ring (bicyclic) bond motifs is 7. The summed E-state index contributed by atoms with van der Waals surface area (Å²) in [4.78, 5) is 12.8. The molecule has 0 unspecified atom stereocenters. The van der Waals surface area contributed by atoms with E-state index in [0.717, 1.165) is 44.9 Å². The fraction of sp³-hybridized carbons (Fsp3) is 0.900. The van der Waals surface area contributed by atoms with Crippen molar-refractivity contribution in [3.05, 3.63) is 11.6 Å². The minimum Gasteiger partial charge on any atom is -0.481 e. The molecule has 0 bridgehead atoms. The molecule has 5 aliphatic rings. The molecule has 0 aromatic carbocycles. The molecule has 5 aliphatic carbocycles. The second-order valence-corrected chi connectivity index (χ2v) is 14.5. The van der Waals surface area contributed by atoms with Gasteiger partial charge < -0.3 is 20.4 Å². The highest BCUT2D eigenvalue weighted by Gasteiger charge is 2.70. The Balaban J connectivity index is 1.62. The van der Waals surface area contributed by atoms with Gasteiger partial charge >= 0.3 is 5.97 Å².